The van der Waals surface area contributed by atoms with Gasteiger partial charge in [0.2, 0.25) is 5.91 Å². The summed E-state index contributed by atoms with van der Waals surface area (Å²) in [6, 6.07) is 7.76. The minimum Gasteiger partial charge on any atom is -0.345 e. The highest BCUT2D eigenvalue weighted by Gasteiger charge is 2.28. The molecule has 0 unspecified atom stereocenters. The average Bonchev–Trinajstić information content (AvgIpc) is 3.40. The van der Waals surface area contributed by atoms with E-state index in [-0.39, 0.29) is 17.5 Å². The number of amides is 1. The molecule has 5 nitrogen and oxygen atoms in total. The Hall–Kier alpha value is -2.17. The number of para-hydroxylation sites is 1. The third-order valence-corrected chi connectivity index (χ3v) is 5.54. The zero-order valence-electron chi connectivity index (χ0n) is 14.8. The van der Waals surface area contributed by atoms with E-state index in [9.17, 15) is 9.59 Å². The first-order valence-corrected chi connectivity index (χ1v) is 9.37. The molecule has 2 aliphatic rings. The Kier molecular flexibility index (Phi) is 4.32. The third kappa shape index (κ3) is 3.32. The van der Waals surface area contributed by atoms with Crippen molar-refractivity contribution in [3.63, 3.8) is 0 Å². The maximum Gasteiger partial charge on any atom is 0.261 e. The molecule has 132 valence electrons. The number of hydrogen-bond acceptors (Lipinski definition) is 3. The SMILES string of the molecule is CN(CC1CCC1)C(=O)CCc1nc2ccccc2c(=O)n1C1CC1. The van der Waals surface area contributed by atoms with Crippen molar-refractivity contribution in [1.29, 1.82) is 0 Å². The van der Waals surface area contributed by atoms with E-state index in [1.165, 1.54) is 19.3 Å². The molecule has 0 spiro atoms. The van der Waals surface area contributed by atoms with E-state index < -0.39 is 0 Å². The van der Waals surface area contributed by atoms with Crippen LogP contribution < -0.4 is 5.56 Å². The Morgan fingerprint density at radius 1 is 1.24 bits per heavy atom. The number of aryl methyl sites for hydroxylation is 1. The van der Waals surface area contributed by atoms with Crippen molar-refractivity contribution in [1.82, 2.24) is 14.5 Å². The van der Waals surface area contributed by atoms with Gasteiger partial charge in [-0.05, 0) is 43.7 Å². The summed E-state index contributed by atoms with van der Waals surface area (Å²) in [5.74, 6) is 1.59. The van der Waals surface area contributed by atoms with Crippen LogP contribution in [0, 0.1) is 5.92 Å². The lowest BCUT2D eigenvalue weighted by Crippen LogP contribution is -2.34. The van der Waals surface area contributed by atoms with Gasteiger partial charge in [0.25, 0.3) is 5.56 Å². The maximum absolute atomic E-state index is 12.8. The predicted molar refractivity (Wildman–Crippen MR) is 97.6 cm³/mol. The summed E-state index contributed by atoms with van der Waals surface area (Å²) in [7, 11) is 1.89. The van der Waals surface area contributed by atoms with E-state index in [1.54, 1.807) is 0 Å². The van der Waals surface area contributed by atoms with Gasteiger partial charge in [-0.15, -0.1) is 0 Å². The molecule has 0 atom stereocenters. The van der Waals surface area contributed by atoms with Crippen LogP contribution in [0.4, 0.5) is 0 Å². The molecule has 1 amide bonds. The van der Waals surface area contributed by atoms with Crippen LogP contribution in [0.5, 0.6) is 0 Å². The van der Waals surface area contributed by atoms with Gasteiger partial charge < -0.3 is 4.90 Å². The standard InChI is InChI=1S/C20H25N3O2/c1-22(13-14-5-4-6-14)19(24)12-11-18-21-17-8-3-2-7-16(17)20(25)23(18)15-9-10-15/h2-3,7-8,14-15H,4-6,9-13H2,1H3. The Bertz CT molecular complexity index is 850. The molecule has 1 aromatic heterocycles. The van der Waals surface area contributed by atoms with Crippen molar-refractivity contribution in [2.75, 3.05) is 13.6 Å². The average molecular weight is 339 g/mol. The summed E-state index contributed by atoms with van der Waals surface area (Å²) < 4.78 is 1.83. The molecule has 1 aromatic carbocycles. The fourth-order valence-electron chi connectivity index (χ4n) is 3.65. The minimum atomic E-state index is 0.0402. The highest BCUT2D eigenvalue weighted by Crippen LogP contribution is 2.35. The lowest BCUT2D eigenvalue weighted by Gasteiger charge is -2.30. The number of rotatable bonds is 6. The summed E-state index contributed by atoms with van der Waals surface area (Å²) >= 11 is 0. The van der Waals surface area contributed by atoms with Crippen molar-refractivity contribution in [2.24, 2.45) is 5.92 Å². The quantitative estimate of drug-likeness (QED) is 0.813. The van der Waals surface area contributed by atoms with E-state index in [0.717, 1.165) is 30.7 Å². The first-order chi connectivity index (χ1) is 12.1. The molecule has 0 aliphatic heterocycles. The van der Waals surface area contributed by atoms with Crippen LogP contribution in [0.1, 0.15) is 50.4 Å². The Morgan fingerprint density at radius 3 is 2.68 bits per heavy atom. The monoisotopic (exact) mass is 339 g/mol. The molecule has 4 rings (SSSR count). The van der Waals surface area contributed by atoms with E-state index in [4.69, 9.17) is 4.98 Å². The zero-order chi connectivity index (χ0) is 17.4. The van der Waals surface area contributed by atoms with Gasteiger partial charge in [0.05, 0.1) is 10.9 Å². The zero-order valence-corrected chi connectivity index (χ0v) is 14.8. The van der Waals surface area contributed by atoms with E-state index >= 15 is 0 Å². The molecular formula is C20H25N3O2. The van der Waals surface area contributed by atoms with Crippen LogP contribution in [-0.2, 0) is 11.2 Å². The van der Waals surface area contributed by atoms with Crippen LogP contribution in [-0.4, -0.2) is 34.0 Å². The largest absolute Gasteiger partial charge is 0.345 e. The van der Waals surface area contributed by atoms with Crippen molar-refractivity contribution in [2.45, 2.75) is 51.0 Å². The Morgan fingerprint density at radius 2 is 2.00 bits per heavy atom. The smallest absolute Gasteiger partial charge is 0.261 e. The predicted octanol–water partition coefficient (Wildman–Crippen LogP) is 2.92. The van der Waals surface area contributed by atoms with Gasteiger partial charge >= 0.3 is 0 Å². The van der Waals surface area contributed by atoms with Crippen molar-refractivity contribution in [3.8, 4) is 0 Å². The second-order valence-corrected chi connectivity index (χ2v) is 7.52. The summed E-state index contributed by atoms with van der Waals surface area (Å²) in [4.78, 5) is 31.8. The molecule has 2 aromatic rings. The molecule has 0 saturated heterocycles. The fraction of sp³-hybridized carbons (Fsp3) is 0.550. The highest BCUT2D eigenvalue weighted by atomic mass is 16.2. The van der Waals surface area contributed by atoms with Crippen molar-refractivity contribution < 1.29 is 4.79 Å². The molecule has 0 N–H and O–H groups in total. The second-order valence-electron chi connectivity index (χ2n) is 7.52. The molecule has 2 fully saturated rings. The lowest BCUT2D eigenvalue weighted by atomic mass is 9.85. The molecule has 0 bridgehead atoms. The minimum absolute atomic E-state index is 0.0402. The number of aromatic nitrogens is 2. The van der Waals surface area contributed by atoms with Gasteiger partial charge in [0.15, 0.2) is 0 Å². The van der Waals surface area contributed by atoms with E-state index in [0.29, 0.717) is 24.1 Å². The number of hydrogen-bond donors (Lipinski definition) is 0. The first-order valence-electron chi connectivity index (χ1n) is 9.37. The molecule has 25 heavy (non-hydrogen) atoms. The van der Waals surface area contributed by atoms with Gasteiger partial charge in [-0.25, -0.2) is 4.98 Å². The molecule has 5 heteroatoms. The molecule has 1 heterocycles. The molecule has 2 aliphatic carbocycles. The van der Waals surface area contributed by atoms with Gasteiger partial charge in [0.1, 0.15) is 5.82 Å². The maximum atomic E-state index is 12.8. The van der Waals surface area contributed by atoms with Crippen LogP contribution in [0.25, 0.3) is 10.9 Å². The second kappa shape index (κ2) is 6.62. The number of benzene rings is 1. The molecular weight excluding hydrogens is 314 g/mol. The lowest BCUT2D eigenvalue weighted by molar-refractivity contribution is -0.130. The van der Waals surface area contributed by atoms with E-state index in [2.05, 4.69) is 0 Å². The molecule has 0 radical (unpaired) electrons. The first kappa shape index (κ1) is 16.3. The summed E-state index contributed by atoms with van der Waals surface area (Å²) in [6.45, 7) is 0.861. The van der Waals surface area contributed by atoms with Crippen molar-refractivity contribution >= 4 is 16.8 Å². The summed E-state index contributed by atoms with van der Waals surface area (Å²) in [6.07, 6.45) is 6.79. The number of fused-ring (bicyclic) bond motifs is 1. The van der Waals surface area contributed by atoms with Gasteiger partial charge in [-0.3, -0.25) is 14.2 Å². The summed E-state index contributed by atoms with van der Waals surface area (Å²) in [5.41, 5.74) is 0.771. The summed E-state index contributed by atoms with van der Waals surface area (Å²) in [5, 5.41) is 0.673. The number of nitrogens with zero attached hydrogens (tertiary/aromatic N) is 3. The topological polar surface area (TPSA) is 55.2 Å². The fourth-order valence-corrected chi connectivity index (χ4v) is 3.65. The number of carbonyl (C=O) groups is 1. The van der Waals surface area contributed by atoms with Gasteiger partial charge in [-0.2, -0.15) is 0 Å². The highest BCUT2D eigenvalue weighted by molar-refractivity contribution is 5.78. The number of carbonyl (C=O) groups excluding carboxylic acids is 1. The third-order valence-electron chi connectivity index (χ3n) is 5.54. The van der Waals surface area contributed by atoms with Crippen LogP contribution in [0.15, 0.2) is 29.1 Å². The van der Waals surface area contributed by atoms with Crippen LogP contribution in [0.3, 0.4) is 0 Å². The molecule has 2 saturated carbocycles. The van der Waals surface area contributed by atoms with E-state index in [1.807, 2.05) is 40.8 Å². The van der Waals surface area contributed by atoms with Crippen molar-refractivity contribution in [3.05, 3.63) is 40.4 Å². The van der Waals surface area contributed by atoms with Crippen LogP contribution in [0.2, 0.25) is 0 Å². The normalized spacial score (nSPS) is 17.5. The Balaban J connectivity index is 1.53. The van der Waals surface area contributed by atoms with Gasteiger partial charge in [-0.1, -0.05) is 18.6 Å². The van der Waals surface area contributed by atoms with Crippen LogP contribution >= 0.6 is 0 Å². The van der Waals surface area contributed by atoms with Gasteiger partial charge in [0, 0.05) is 32.5 Å². The Labute approximate surface area is 147 Å².